The molecule has 0 radical (unpaired) electrons. The van der Waals surface area contributed by atoms with Crippen LogP contribution < -0.4 is 5.32 Å². The van der Waals surface area contributed by atoms with Crippen molar-refractivity contribution in [3.05, 3.63) is 35.9 Å². The second-order valence-corrected chi connectivity index (χ2v) is 7.33. The fourth-order valence-corrected chi connectivity index (χ4v) is 3.56. The number of piperidine rings is 1. The maximum Gasteiger partial charge on any atom is 0.240 e. The first-order chi connectivity index (χ1) is 10.6. The maximum absolute atomic E-state index is 12.6. The molecule has 1 aromatic rings. The molecule has 3 nitrogen and oxygen atoms in total. The normalized spacial score (nSPS) is 21.4. The number of hydrogen-bond acceptors (Lipinski definition) is 2. The number of nitrogens with one attached hydrogen (secondary N) is 1. The first kappa shape index (κ1) is 15.5. The lowest BCUT2D eigenvalue weighted by Crippen LogP contribution is -2.59. The SMILES string of the molecule is CC(C)(C(=O)NC1CCC1)N1CCC(c2ccccc2)CC1. The molecule has 2 aliphatic rings. The minimum absolute atomic E-state index is 0.204. The number of carbonyl (C=O) groups excluding carboxylic acids is 1. The van der Waals surface area contributed by atoms with E-state index in [4.69, 9.17) is 0 Å². The Bertz CT molecular complexity index is 499. The van der Waals surface area contributed by atoms with Crippen LogP contribution in [0.15, 0.2) is 30.3 Å². The molecule has 3 heteroatoms. The smallest absolute Gasteiger partial charge is 0.240 e. The molecule has 1 saturated carbocycles. The largest absolute Gasteiger partial charge is 0.352 e. The Kier molecular flexibility index (Phi) is 4.53. The molecule has 1 heterocycles. The summed E-state index contributed by atoms with van der Waals surface area (Å²) in [4.78, 5) is 14.9. The van der Waals surface area contributed by atoms with Gasteiger partial charge in [-0.1, -0.05) is 30.3 Å². The van der Waals surface area contributed by atoms with Crippen LogP contribution in [0.2, 0.25) is 0 Å². The zero-order valence-corrected chi connectivity index (χ0v) is 13.8. The third-order valence-electron chi connectivity index (χ3n) is 5.55. The van der Waals surface area contributed by atoms with Gasteiger partial charge in [0.25, 0.3) is 0 Å². The van der Waals surface area contributed by atoms with E-state index in [1.165, 1.54) is 12.0 Å². The van der Waals surface area contributed by atoms with E-state index in [0.29, 0.717) is 12.0 Å². The van der Waals surface area contributed by atoms with Crippen LogP contribution in [0, 0.1) is 0 Å². The summed E-state index contributed by atoms with van der Waals surface area (Å²) in [5, 5.41) is 3.22. The summed E-state index contributed by atoms with van der Waals surface area (Å²) >= 11 is 0. The number of hydrogen-bond donors (Lipinski definition) is 1. The lowest BCUT2D eigenvalue weighted by atomic mass is 9.86. The van der Waals surface area contributed by atoms with Gasteiger partial charge in [-0.3, -0.25) is 9.69 Å². The van der Waals surface area contributed by atoms with Crippen molar-refractivity contribution >= 4 is 5.91 Å². The van der Waals surface area contributed by atoms with Gasteiger partial charge in [0.05, 0.1) is 5.54 Å². The molecule has 0 aromatic heterocycles. The van der Waals surface area contributed by atoms with Crippen molar-refractivity contribution in [2.24, 2.45) is 0 Å². The molecule has 22 heavy (non-hydrogen) atoms. The summed E-state index contributed by atoms with van der Waals surface area (Å²) in [6.45, 7) is 6.16. The number of benzene rings is 1. The van der Waals surface area contributed by atoms with Gasteiger partial charge in [-0.05, 0) is 70.5 Å². The number of rotatable bonds is 4. The van der Waals surface area contributed by atoms with E-state index in [1.54, 1.807) is 0 Å². The van der Waals surface area contributed by atoms with Crippen LogP contribution in [0.1, 0.15) is 57.4 Å². The molecule has 1 aromatic carbocycles. The Morgan fingerprint density at radius 3 is 2.27 bits per heavy atom. The third kappa shape index (κ3) is 3.19. The molecule has 2 fully saturated rings. The van der Waals surface area contributed by atoms with Crippen molar-refractivity contribution in [1.29, 1.82) is 0 Å². The molecule has 120 valence electrons. The second-order valence-electron chi connectivity index (χ2n) is 7.33. The molecule has 1 aliphatic heterocycles. The molecule has 1 saturated heterocycles. The summed E-state index contributed by atoms with van der Waals surface area (Å²) < 4.78 is 0. The van der Waals surface area contributed by atoms with Crippen LogP contribution in [0.4, 0.5) is 0 Å². The van der Waals surface area contributed by atoms with Gasteiger partial charge >= 0.3 is 0 Å². The Morgan fingerprint density at radius 2 is 1.73 bits per heavy atom. The van der Waals surface area contributed by atoms with Gasteiger partial charge in [0.15, 0.2) is 0 Å². The monoisotopic (exact) mass is 300 g/mol. The minimum atomic E-state index is -0.392. The van der Waals surface area contributed by atoms with Crippen molar-refractivity contribution in [2.45, 2.75) is 63.5 Å². The van der Waals surface area contributed by atoms with Crippen LogP contribution in [0.5, 0.6) is 0 Å². The summed E-state index contributed by atoms with van der Waals surface area (Å²) in [6, 6.07) is 11.2. The molecule has 0 unspecified atom stereocenters. The first-order valence-electron chi connectivity index (χ1n) is 8.68. The van der Waals surface area contributed by atoms with E-state index in [2.05, 4.69) is 54.4 Å². The topological polar surface area (TPSA) is 32.3 Å². The van der Waals surface area contributed by atoms with E-state index < -0.39 is 5.54 Å². The highest BCUT2D eigenvalue weighted by Gasteiger charge is 2.38. The highest BCUT2D eigenvalue weighted by atomic mass is 16.2. The van der Waals surface area contributed by atoms with Crippen LogP contribution in [-0.4, -0.2) is 35.5 Å². The molecule has 3 rings (SSSR count). The lowest BCUT2D eigenvalue weighted by Gasteiger charge is -2.43. The van der Waals surface area contributed by atoms with Gasteiger partial charge in [-0.25, -0.2) is 0 Å². The molecule has 1 aliphatic carbocycles. The van der Waals surface area contributed by atoms with Crippen molar-refractivity contribution in [3.63, 3.8) is 0 Å². The molecule has 0 atom stereocenters. The summed E-state index contributed by atoms with van der Waals surface area (Å²) in [5.41, 5.74) is 1.05. The van der Waals surface area contributed by atoms with Crippen molar-refractivity contribution in [3.8, 4) is 0 Å². The first-order valence-corrected chi connectivity index (χ1v) is 8.68. The molecular weight excluding hydrogens is 272 g/mol. The molecule has 0 bridgehead atoms. The van der Waals surface area contributed by atoms with Crippen molar-refractivity contribution in [1.82, 2.24) is 10.2 Å². The molecule has 0 spiro atoms. The highest BCUT2D eigenvalue weighted by Crippen LogP contribution is 2.31. The average Bonchev–Trinajstić information content (AvgIpc) is 2.51. The van der Waals surface area contributed by atoms with Crippen LogP contribution in [0.25, 0.3) is 0 Å². The summed E-state index contributed by atoms with van der Waals surface area (Å²) in [6.07, 6.45) is 5.85. The van der Waals surface area contributed by atoms with E-state index in [1.807, 2.05) is 0 Å². The average molecular weight is 300 g/mol. The lowest BCUT2D eigenvalue weighted by molar-refractivity contribution is -0.133. The fraction of sp³-hybridized carbons (Fsp3) is 0.632. The predicted molar refractivity (Wildman–Crippen MR) is 89.9 cm³/mol. The number of nitrogens with zero attached hydrogens (tertiary/aromatic N) is 1. The Labute approximate surface area is 134 Å². The Morgan fingerprint density at radius 1 is 1.09 bits per heavy atom. The number of carbonyl (C=O) groups is 1. The third-order valence-corrected chi connectivity index (χ3v) is 5.55. The van der Waals surface area contributed by atoms with Gasteiger partial charge in [0, 0.05) is 6.04 Å². The van der Waals surface area contributed by atoms with Crippen LogP contribution >= 0.6 is 0 Å². The number of likely N-dealkylation sites (tertiary alicyclic amines) is 1. The van der Waals surface area contributed by atoms with E-state index >= 15 is 0 Å². The summed E-state index contributed by atoms with van der Waals surface area (Å²) in [5.74, 6) is 0.846. The standard InChI is InChI=1S/C19H28N2O/c1-19(2,18(22)20-17-9-6-10-17)21-13-11-16(12-14-21)15-7-4-3-5-8-15/h3-5,7-8,16-17H,6,9-14H2,1-2H3,(H,20,22). The molecular formula is C19H28N2O. The molecule has 1 amide bonds. The quantitative estimate of drug-likeness (QED) is 0.925. The van der Waals surface area contributed by atoms with Gasteiger partial charge in [-0.15, -0.1) is 0 Å². The van der Waals surface area contributed by atoms with Crippen LogP contribution in [0.3, 0.4) is 0 Å². The van der Waals surface area contributed by atoms with Crippen molar-refractivity contribution in [2.75, 3.05) is 13.1 Å². The zero-order valence-electron chi connectivity index (χ0n) is 13.8. The summed E-state index contributed by atoms with van der Waals surface area (Å²) in [7, 11) is 0. The van der Waals surface area contributed by atoms with Crippen molar-refractivity contribution < 1.29 is 4.79 Å². The molecule has 1 N–H and O–H groups in total. The maximum atomic E-state index is 12.6. The van der Waals surface area contributed by atoms with E-state index in [9.17, 15) is 4.79 Å². The predicted octanol–water partition coefficient (Wildman–Crippen LogP) is 3.31. The second kappa shape index (κ2) is 6.41. The Balaban J connectivity index is 1.56. The van der Waals surface area contributed by atoms with Gasteiger partial charge < -0.3 is 5.32 Å². The van der Waals surface area contributed by atoms with E-state index in [-0.39, 0.29) is 5.91 Å². The van der Waals surface area contributed by atoms with Gasteiger partial charge in [-0.2, -0.15) is 0 Å². The van der Waals surface area contributed by atoms with E-state index in [0.717, 1.165) is 38.8 Å². The minimum Gasteiger partial charge on any atom is -0.352 e. The van der Waals surface area contributed by atoms with Crippen LogP contribution in [-0.2, 0) is 4.79 Å². The fourth-order valence-electron chi connectivity index (χ4n) is 3.56. The Hall–Kier alpha value is -1.35. The number of amides is 1. The highest BCUT2D eigenvalue weighted by molar-refractivity contribution is 5.85. The zero-order chi connectivity index (χ0) is 15.6. The van der Waals surface area contributed by atoms with Gasteiger partial charge in [0.1, 0.15) is 0 Å². The van der Waals surface area contributed by atoms with Gasteiger partial charge in [0.2, 0.25) is 5.91 Å².